The largest absolute Gasteiger partial charge is 0.493 e. The van der Waals surface area contributed by atoms with Crippen LogP contribution in [-0.2, 0) is 9.05 Å². The molecule has 0 aliphatic rings. The van der Waals surface area contributed by atoms with Gasteiger partial charge in [0.1, 0.15) is 5.75 Å². The summed E-state index contributed by atoms with van der Waals surface area (Å²) in [5, 5.41) is 0. The summed E-state index contributed by atoms with van der Waals surface area (Å²) in [7, 11) is 1.79. The Kier molecular flexibility index (Phi) is 6.15. The van der Waals surface area contributed by atoms with Gasteiger partial charge in [-0.25, -0.2) is 8.42 Å². The Labute approximate surface area is 127 Å². The summed E-state index contributed by atoms with van der Waals surface area (Å²) in [6, 6.07) is 3.86. The smallest absolute Gasteiger partial charge is 0.232 e. The van der Waals surface area contributed by atoms with Gasteiger partial charge in [0.25, 0.3) is 0 Å². The Balaban J connectivity index is 2.70. The molecule has 1 rings (SSSR count). The van der Waals surface area contributed by atoms with Gasteiger partial charge in [0, 0.05) is 21.1 Å². The first-order valence-corrected chi connectivity index (χ1v) is 9.32. The van der Waals surface area contributed by atoms with Crippen LogP contribution in [0.4, 0.5) is 0 Å². The van der Waals surface area contributed by atoms with E-state index in [0.717, 1.165) is 21.3 Å². The Morgan fingerprint density at radius 2 is 1.84 bits per heavy atom. The van der Waals surface area contributed by atoms with Gasteiger partial charge in [-0.3, -0.25) is 0 Å². The Morgan fingerprint density at radius 3 is 2.26 bits per heavy atom. The molecule has 0 saturated carbocycles. The molecule has 1 unspecified atom stereocenters. The molecule has 0 amide bonds. The van der Waals surface area contributed by atoms with Crippen LogP contribution in [0.25, 0.3) is 0 Å². The molecule has 3 nitrogen and oxygen atoms in total. The minimum absolute atomic E-state index is 0.0560. The molecular formula is C13H18BrClO3S. The van der Waals surface area contributed by atoms with Gasteiger partial charge in [-0.1, -0.05) is 22.9 Å². The van der Waals surface area contributed by atoms with Crippen molar-refractivity contribution in [1.29, 1.82) is 0 Å². The highest BCUT2D eigenvalue weighted by molar-refractivity contribution is 9.10. The first kappa shape index (κ1) is 16.8. The van der Waals surface area contributed by atoms with Crippen molar-refractivity contribution in [3.63, 3.8) is 0 Å². The predicted octanol–water partition coefficient (Wildman–Crippen LogP) is 4.04. The Bertz CT molecular complexity index is 520. The van der Waals surface area contributed by atoms with Gasteiger partial charge in [0.05, 0.1) is 12.4 Å². The molecule has 1 atom stereocenters. The maximum atomic E-state index is 11.1. The van der Waals surface area contributed by atoms with E-state index in [1.165, 1.54) is 0 Å². The van der Waals surface area contributed by atoms with Crippen molar-refractivity contribution in [2.45, 2.75) is 27.2 Å². The second kappa shape index (κ2) is 6.95. The summed E-state index contributed by atoms with van der Waals surface area (Å²) in [5.41, 5.74) is 2.18. The fraction of sp³-hybridized carbons (Fsp3) is 0.538. The monoisotopic (exact) mass is 368 g/mol. The van der Waals surface area contributed by atoms with Gasteiger partial charge < -0.3 is 4.74 Å². The molecule has 0 spiro atoms. The number of hydrogen-bond acceptors (Lipinski definition) is 3. The van der Waals surface area contributed by atoms with Gasteiger partial charge in [-0.15, -0.1) is 0 Å². The summed E-state index contributed by atoms with van der Waals surface area (Å²) in [6.07, 6.45) is 0.709. The van der Waals surface area contributed by atoms with E-state index in [4.69, 9.17) is 15.4 Å². The van der Waals surface area contributed by atoms with Crippen molar-refractivity contribution in [3.8, 4) is 5.75 Å². The first-order chi connectivity index (χ1) is 8.73. The molecule has 19 heavy (non-hydrogen) atoms. The average molecular weight is 370 g/mol. The van der Waals surface area contributed by atoms with Crippen molar-refractivity contribution < 1.29 is 13.2 Å². The molecule has 0 saturated heterocycles. The van der Waals surface area contributed by atoms with Gasteiger partial charge in [-0.05, 0) is 43.5 Å². The third kappa shape index (κ3) is 5.71. The molecule has 0 fully saturated rings. The summed E-state index contributed by atoms with van der Waals surface area (Å²) in [4.78, 5) is 0. The normalized spacial score (nSPS) is 13.3. The van der Waals surface area contributed by atoms with Crippen LogP contribution in [0.5, 0.6) is 5.75 Å². The third-order valence-corrected chi connectivity index (χ3v) is 5.41. The highest BCUT2D eigenvalue weighted by Crippen LogP contribution is 2.26. The molecule has 6 heteroatoms. The van der Waals surface area contributed by atoms with Crippen LogP contribution >= 0.6 is 26.6 Å². The van der Waals surface area contributed by atoms with Crippen molar-refractivity contribution in [2.24, 2.45) is 5.92 Å². The minimum atomic E-state index is -3.48. The molecule has 1 aromatic carbocycles. The summed E-state index contributed by atoms with van der Waals surface area (Å²) in [5.74, 6) is 0.606. The lowest BCUT2D eigenvalue weighted by atomic mass is 10.1. The topological polar surface area (TPSA) is 43.4 Å². The van der Waals surface area contributed by atoms with E-state index in [1.54, 1.807) is 0 Å². The number of ether oxygens (including phenoxy) is 1. The maximum absolute atomic E-state index is 11.1. The molecule has 0 aliphatic carbocycles. The van der Waals surface area contributed by atoms with Crippen LogP contribution < -0.4 is 4.74 Å². The van der Waals surface area contributed by atoms with E-state index in [1.807, 2.05) is 32.9 Å². The molecule has 0 aliphatic heterocycles. The predicted molar refractivity (Wildman–Crippen MR) is 82.5 cm³/mol. The zero-order chi connectivity index (χ0) is 14.6. The molecule has 0 N–H and O–H groups in total. The van der Waals surface area contributed by atoms with Crippen molar-refractivity contribution in [2.75, 3.05) is 12.4 Å². The lowest BCUT2D eigenvalue weighted by molar-refractivity contribution is 0.257. The van der Waals surface area contributed by atoms with E-state index in [-0.39, 0.29) is 11.7 Å². The van der Waals surface area contributed by atoms with Gasteiger partial charge >= 0.3 is 0 Å². The molecule has 1 aromatic rings. The molecule has 0 aromatic heterocycles. The van der Waals surface area contributed by atoms with Crippen LogP contribution in [0.1, 0.15) is 24.5 Å². The zero-order valence-corrected chi connectivity index (χ0v) is 14.4. The van der Waals surface area contributed by atoms with Crippen LogP contribution in [-0.4, -0.2) is 20.8 Å². The average Bonchev–Trinajstić information content (AvgIpc) is 2.29. The zero-order valence-electron chi connectivity index (χ0n) is 11.2. The number of aryl methyl sites for hydroxylation is 2. The van der Waals surface area contributed by atoms with E-state index >= 15 is 0 Å². The second-order valence-electron chi connectivity index (χ2n) is 4.66. The van der Waals surface area contributed by atoms with Gasteiger partial charge in [-0.2, -0.15) is 0 Å². The molecular weight excluding hydrogens is 352 g/mol. The SMILES string of the molecule is CCC(COc1cc(C)c(Br)c(C)c1)CS(=O)(=O)Cl. The van der Waals surface area contributed by atoms with Crippen molar-refractivity contribution in [1.82, 2.24) is 0 Å². The van der Waals surface area contributed by atoms with Gasteiger partial charge in [0.15, 0.2) is 0 Å². The summed E-state index contributed by atoms with van der Waals surface area (Å²) < 4.78 is 28.9. The van der Waals surface area contributed by atoms with Crippen LogP contribution in [0, 0.1) is 19.8 Å². The fourth-order valence-electron chi connectivity index (χ4n) is 1.77. The number of benzene rings is 1. The molecule has 0 bridgehead atoms. The van der Waals surface area contributed by atoms with E-state index < -0.39 is 9.05 Å². The van der Waals surface area contributed by atoms with E-state index in [9.17, 15) is 8.42 Å². The minimum Gasteiger partial charge on any atom is -0.493 e. The number of halogens is 2. The quantitative estimate of drug-likeness (QED) is 0.711. The number of hydrogen-bond donors (Lipinski definition) is 0. The summed E-state index contributed by atoms with van der Waals surface area (Å²) >= 11 is 3.49. The molecule has 0 radical (unpaired) electrons. The fourth-order valence-corrected chi connectivity index (χ4v) is 3.43. The van der Waals surface area contributed by atoms with Gasteiger partial charge in [0.2, 0.25) is 9.05 Å². The second-order valence-corrected chi connectivity index (χ2v) is 8.28. The highest BCUT2D eigenvalue weighted by atomic mass is 79.9. The standard InChI is InChI=1S/C13H18BrClO3S/c1-4-11(8-19(15,16)17)7-18-12-5-9(2)13(14)10(3)6-12/h5-6,11H,4,7-8H2,1-3H3. The van der Waals surface area contributed by atoms with E-state index in [2.05, 4.69) is 15.9 Å². The Morgan fingerprint density at radius 1 is 1.32 bits per heavy atom. The van der Waals surface area contributed by atoms with Crippen LogP contribution in [0.15, 0.2) is 16.6 Å². The highest BCUT2D eigenvalue weighted by Gasteiger charge is 2.16. The summed E-state index contributed by atoms with van der Waals surface area (Å²) in [6.45, 7) is 6.26. The number of rotatable bonds is 6. The lowest BCUT2D eigenvalue weighted by Crippen LogP contribution is -2.19. The Hall–Kier alpha value is -0.260. The van der Waals surface area contributed by atoms with Crippen molar-refractivity contribution >= 4 is 35.7 Å². The third-order valence-electron chi connectivity index (χ3n) is 2.91. The van der Waals surface area contributed by atoms with Crippen LogP contribution in [0.3, 0.4) is 0 Å². The molecule has 108 valence electrons. The van der Waals surface area contributed by atoms with Crippen LogP contribution in [0.2, 0.25) is 0 Å². The van der Waals surface area contributed by atoms with E-state index in [0.29, 0.717) is 13.0 Å². The molecule has 0 heterocycles. The maximum Gasteiger partial charge on any atom is 0.232 e. The first-order valence-electron chi connectivity index (χ1n) is 6.04. The lowest BCUT2D eigenvalue weighted by Gasteiger charge is -2.15. The van der Waals surface area contributed by atoms with Crippen molar-refractivity contribution in [3.05, 3.63) is 27.7 Å².